The summed E-state index contributed by atoms with van der Waals surface area (Å²) >= 11 is 0. The molecule has 0 aromatic rings. The van der Waals surface area contributed by atoms with Crippen LogP contribution in [0.4, 0.5) is 0 Å². The first-order valence-corrected chi connectivity index (χ1v) is 7.60. The van der Waals surface area contributed by atoms with E-state index >= 15 is 0 Å². The predicted molar refractivity (Wildman–Crippen MR) is 73.6 cm³/mol. The molecule has 2 rings (SSSR count). The number of likely N-dealkylation sites (tertiary alicyclic amines) is 1. The van der Waals surface area contributed by atoms with Gasteiger partial charge >= 0.3 is 0 Å². The highest BCUT2D eigenvalue weighted by Crippen LogP contribution is 2.36. The van der Waals surface area contributed by atoms with Gasteiger partial charge in [-0.1, -0.05) is 25.7 Å². The molecule has 1 N–H and O–H groups in total. The second kappa shape index (κ2) is 6.88. The zero-order chi connectivity index (χ0) is 12.8. The van der Waals surface area contributed by atoms with Crippen LogP contribution in [0.1, 0.15) is 44.9 Å². The van der Waals surface area contributed by atoms with E-state index in [1.165, 1.54) is 51.5 Å². The molecule has 106 valence electrons. The van der Waals surface area contributed by atoms with Crippen molar-refractivity contribution in [2.24, 2.45) is 11.3 Å². The molecule has 2 fully saturated rings. The quantitative estimate of drug-likeness (QED) is 0.765. The molecule has 0 aromatic carbocycles. The van der Waals surface area contributed by atoms with Crippen molar-refractivity contribution in [1.82, 2.24) is 4.90 Å². The lowest BCUT2D eigenvalue weighted by molar-refractivity contribution is 0.0643. The first kappa shape index (κ1) is 14.3. The van der Waals surface area contributed by atoms with Crippen LogP contribution in [-0.4, -0.2) is 50.0 Å². The van der Waals surface area contributed by atoms with Crippen LogP contribution in [0.15, 0.2) is 0 Å². The molecule has 0 bridgehead atoms. The number of aliphatic hydroxyl groups is 1. The molecule has 1 unspecified atom stereocenters. The van der Waals surface area contributed by atoms with E-state index in [9.17, 15) is 5.11 Å². The van der Waals surface area contributed by atoms with Gasteiger partial charge in [-0.05, 0) is 31.7 Å². The van der Waals surface area contributed by atoms with Crippen molar-refractivity contribution in [2.75, 3.05) is 40.0 Å². The van der Waals surface area contributed by atoms with Crippen LogP contribution >= 0.6 is 0 Å². The molecule has 0 aromatic heterocycles. The Labute approximate surface area is 112 Å². The van der Waals surface area contributed by atoms with E-state index in [2.05, 4.69) is 4.90 Å². The van der Waals surface area contributed by atoms with Crippen LogP contribution < -0.4 is 0 Å². The molecule has 0 amide bonds. The Hall–Kier alpha value is -0.120. The maximum absolute atomic E-state index is 9.84. The topological polar surface area (TPSA) is 32.7 Å². The van der Waals surface area contributed by atoms with E-state index in [1.807, 2.05) is 0 Å². The van der Waals surface area contributed by atoms with Crippen LogP contribution in [0.2, 0.25) is 0 Å². The summed E-state index contributed by atoms with van der Waals surface area (Å²) in [6.45, 7) is 4.72. The normalized spacial score (nSPS) is 29.3. The van der Waals surface area contributed by atoms with E-state index < -0.39 is 0 Å². The van der Waals surface area contributed by atoms with Gasteiger partial charge in [0.05, 0.1) is 6.61 Å². The number of rotatable bonds is 5. The first-order chi connectivity index (χ1) is 8.78. The van der Waals surface area contributed by atoms with E-state index in [4.69, 9.17) is 4.74 Å². The van der Waals surface area contributed by atoms with Crippen molar-refractivity contribution >= 4 is 0 Å². The molecule has 18 heavy (non-hydrogen) atoms. The van der Waals surface area contributed by atoms with Crippen molar-refractivity contribution in [3.63, 3.8) is 0 Å². The summed E-state index contributed by atoms with van der Waals surface area (Å²) in [6, 6.07) is 0. The smallest absolute Gasteiger partial charge is 0.0503 e. The lowest BCUT2D eigenvalue weighted by atomic mass is 9.80. The van der Waals surface area contributed by atoms with Crippen LogP contribution in [-0.2, 0) is 4.74 Å². The zero-order valence-electron chi connectivity index (χ0n) is 11.9. The van der Waals surface area contributed by atoms with E-state index in [0.29, 0.717) is 12.5 Å². The SMILES string of the molecule is COCC1CCN(CC2(CO)CCCCCC2)C1. The maximum Gasteiger partial charge on any atom is 0.0503 e. The molecule has 1 atom stereocenters. The molecule has 3 heteroatoms. The summed E-state index contributed by atoms with van der Waals surface area (Å²) in [5.41, 5.74) is 0.193. The molecular formula is C15H29NO2. The van der Waals surface area contributed by atoms with Gasteiger partial charge in [-0.15, -0.1) is 0 Å². The molecule has 1 saturated heterocycles. The summed E-state index contributed by atoms with van der Waals surface area (Å²) in [4.78, 5) is 2.56. The minimum atomic E-state index is 0.193. The third kappa shape index (κ3) is 3.69. The van der Waals surface area contributed by atoms with Crippen molar-refractivity contribution in [3.05, 3.63) is 0 Å². The highest BCUT2D eigenvalue weighted by molar-refractivity contribution is 4.87. The fourth-order valence-electron chi connectivity index (χ4n) is 3.75. The number of aliphatic hydroxyl groups excluding tert-OH is 1. The highest BCUT2D eigenvalue weighted by atomic mass is 16.5. The second-order valence-corrected chi connectivity index (χ2v) is 6.42. The highest BCUT2D eigenvalue weighted by Gasteiger charge is 2.34. The summed E-state index contributed by atoms with van der Waals surface area (Å²) in [5, 5.41) is 9.84. The number of nitrogens with zero attached hydrogens (tertiary/aromatic N) is 1. The molecule has 0 spiro atoms. The monoisotopic (exact) mass is 255 g/mol. The average Bonchev–Trinajstić information content (AvgIpc) is 2.67. The van der Waals surface area contributed by atoms with Gasteiger partial charge in [0.25, 0.3) is 0 Å². The molecular weight excluding hydrogens is 226 g/mol. The van der Waals surface area contributed by atoms with Crippen molar-refractivity contribution in [3.8, 4) is 0 Å². The number of ether oxygens (including phenoxy) is 1. The molecule has 1 aliphatic carbocycles. The summed E-state index contributed by atoms with van der Waals surface area (Å²) in [6.07, 6.45) is 9.01. The maximum atomic E-state index is 9.84. The van der Waals surface area contributed by atoms with Gasteiger partial charge in [-0.2, -0.15) is 0 Å². The molecule has 0 radical (unpaired) electrons. The molecule has 3 nitrogen and oxygen atoms in total. The Balaban J connectivity index is 1.86. The molecule has 1 saturated carbocycles. The zero-order valence-corrected chi connectivity index (χ0v) is 11.9. The van der Waals surface area contributed by atoms with Gasteiger partial charge in [0, 0.05) is 32.2 Å². The first-order valence-electron chi connectivity index (χ1n) is 7.60. The Morgan fingerprint density at radius 1 is 1.22 bits per heavy atom. The summed E-state index contributed by atoms with van der Waals surface area (Å²) in [5.74, 6) is 0.705. The molecule has 1 aliphatic heterocycles. The van der Waals surface area contributed by atoms with Gasteiger partial charge in [0.2, 0.25) is 0 Å². The third-order valence-corrected chi connectivity index (χ3v) is 4.83. The van der Waals surface area contributed by atoms with Gasteiger partial charge < -0.3 is 14.7 Å². The molecule has 2 aliphatic rings. The Morgan fingerprint density at radius 3 is 2.56 bits per heavy atom. The number of methoxy groups -OCH3 is 1. The average molecular weight is 255 g/mol. The van der Waals surface area contributed by atoms with Crippen LogP contribution in [0.5, 0.6) is 0 Å². The fourth-order valence-corrected chi connectivity index (χ4v) is 3.75. The number of hydrogen-bond donors (Lipinski definition) is 1. The largest absolute Gasteiger partial charge is 0.396 e. The van der Waals surface area contributed by atoms with Crippen molar-refractivity contribution < 1.29 is 9.84 Å². The Morgan fingerprint density at radius 2 is 1.94 bits per heavy atom. The number of hydrogen-bond acceptors (Lipinski definition) is 3. The Bertz CT molecular complexity index is 237. The van der Waals surface area contributed by atoms with Crippen LogP contribution in [0.3, 0.4) is 0 Å². The Kier molecular flexibility index (Phi) is 5.46. The van der Waals surface area contributed by atoms with Crippen molar-refractivity contribution in [2.45, 2.75) is 44.9 Å². The molecule has 1 heterocycles. The lowest BCUT2D eigenvalue weighted by Gasteiger charge is -2.35. The van der Waals surface area contributed by atoms with Crippen molar-refractivity contribution in [1.29, 1.82) is 0 Å². The lowest BCUT2D eigenvalue weighted by Crippen LogP contribution is -2.39. The van der Waals surface area contributed by atoms with E-state index in [0.717, 1.165) is 19.7 Å². The van der Waals surface area contributed by atoms with Crippen LogP contribution in [0, 0.1) is 11.3 Å². The fraction of sp³-hybridized carbons (Fsp3) is 1.00. The van der Waals surface area contributed by atoms with Crippen LogP contribution in [0.25, 0.3) is 0 Å². The summed E-state index contributed by atoms with van der Waals surface area (Å²) in [7, 11) is 1.79. The van der Waals surface area contributed by atoms with Gasteiger partial charge in [0.15, 0.2) is 0 Å². The second-order valence-electron chi connectivity index (χ2n) is 6.42. The van der Waals surface area contributed by atoms with E-state index in [-0.39, 0.29) is 5.41 Å². The minimum absolute atomic E-state index is 0.193. The third-order valence-electron chi connectivity index (χ3n) is 4.83. The van der Waals surface area contributed by atoms with Gasteiger partial charge in [0.1, 0.15) is 0 Å². The summed E-state index contributed by atoms with van der Waals surface area (Å²) < 4.78 is 5.26. The minimum Gasteiger partial charge on any atom is -0.396 e. The van der Waals surface area contributed by atoms with Gasteiger partial charge in [-0.25, -0.2) is 0 Å². The standard InChI is InChI=1S/C15H29NO2/c1-18-11-14-6-9-16(10-14)12-15(13-17)7-4-2-3-5-8-15/h14,17H,2-13H2,1H3. The van der Waals surface area contributed by atoms with Gasteiger partial charge in [-0.3, -0.25) is 0 Å². The predicted octanol–water partition coefficient (Wildman–Crippen LogP) is 2.29. The van der Waals surface area contributed by atoms with E-state index in [1.54, 1.807) is 7.11 Å².